The highest BCUT2D eigenvalue weighted by atomic mass is 127. The van der Waals surface area contributed by atoms with Crippen LogP contribution in [0.15, 0.2) is 54.9 Å². The summed E-state index contributed by atoms with van der Waals surface area (Å²) in [4.78, 5) is 8.63. The van der Waals surface area contributed by atoms with Gasteiger partial charge in [-0.3, -0.25) is 5.10 Å². The molecular formula is C21H19IN4O2. The minimum atomic E-state index is 0.444. The average Bonchev–Trinajstić information content (AvgIpc) is 3.08. The Morgan fingerprint density at radius 3 is 2.61 bits per heavy atom. The highest BCUT2D eigenvalue weighted by Crippen LogP contribution is 2.34. The Bertz CT molecular complexity index is 1070. The lowest BCUT2D eigenvalue weighted by atomic mass is 10.1. The van der Waals surface area contributed by atoms with E-state index in [4.69, 9.17) is 9.47 Å². The maximum absolute atomic E-state index is 6.04. The van der Waals surface area contributed by atoms with E-state index in [9.17, 15) is 0 Å². The quantitative estimate of drug-likeness (QED) is 0.307. The van der Waals surface area contributed by atoms with Gasteiger partial charge in [0.15, 0.2) is 0 Å². The van der Waals surface area contributed by atoms with E-state index in [2.05, 4.69) is 48.8 Å². The predicted octanol–water partition coefficient (Wildman–Crippen LogP) is 4.53. The first-order chi connectivity index (χ1) is 13.7. The van der Waals surface area contributed by atoms with Crippen LogP contribution in [-0.2, 0) is 11.3 Å². The zero-order valence-electron chi connectivity index (χ0n) is 15.4. The lowest BCUT2D eigenvalue weighted by Gasteiger charge is -2.12. The van der Waals surface area contributed by atoms with E-state index in [1.807, 2.05) is 55.7 Å². The molecule has 2 heterocycles. The lowest BCUT2D eigenvalue weighted by molar-refractivity contribution is 0.0891. The standard InChI is InChI=1S/C21H19IN4O2/c1-14-23-11-16(12-24-14)17-9-18-19(25-26-21(18)22)10-20(17)28-8-7-27-13-15-5-3-2-4-6-15/h2-6,9-12H,7-8,13H2,1H3,(H,25,26). The molecule has 0 atom stereocenters. The summed E-state index contributed by atoms with van der Waals surface area (Å²) in [6.07, 6.45) is 3.63. The average molecular weight is 486 g/mol. The number of halogens is 1. The number of hydrogen-bond acceptors (Lipinski definition) is 5. The fourth-order valence-corrected chi connectivity index (χ4v) is 3.41. The number of rotatable bonds is 7. The van der Waals surface area contributed by atoms with E-state index >= 15 is 0 Å². The SMILES string of the molecule is Cc1ncc(-c2cc3c(I)[nH]nc3cc2OCCOCc2ccccc2)cn1. The van der Waals surface area contributed by atoms with Gasteiger partial charge in [0.05, 0.1) is 18.7 Å². The van der Waals surface area contributed by atoms with Crippen molar-refractivity contribution in [1.29, 1.82) is 0 Å². The van der Waals surface area contributed by atoms with Gasteiger partial charge in [-0.05, 0) is 41.1 Å². The number of H-pyrrole nitrogens is 1. The molecule has 0 aliphatic carbocycles. The van der Waals surface area contributed by atoms with Crippen molar-refractivity contribution in [2.24, 2.45) is 0 Å². The summed E-state index contributed by atoms with van der Waals surface area (Å²) in [6, 6.07) is 14.1. The molecule has 142 valence electrons. The number of ether oxygens (including phenoxy) is 2. The van der Waals surface area contributed by atoms with Crippen molar-refractivity contribution in [1.82, 2.24) is 20.2 Å². The Kier molecular flexibility index (Phi) is 5.82. The molecule has 4 aromatic rings. The molecule has 0 saturated carbocycles. The molecule has 7 heteroatoms. The molecule has 0 bridgehead atoms. The first kappa shape index (κ1) is 18.8. The molecule has 0 radical (unpaired) electrons. The smallest absolute Gasteiger partial charge is 0.129 e. The largest absolute Gasteiger partial charge is 0.490 e. The lowest BCUT2D eigenvalue weighted by Crippen LogP contribution is -2.07. The number of hydrogen-bond donors (Lipinski definition) is 1. The van der Waals surface area contributed by atoms with Crippen LogP contribution in [0.2, 0.25) is 0 Å². The van der Waals surface area contributed by atoms with Gasteiger partial charge in [-0.25, -0.2) is 9.97 Å². The first-order valence-corrected chi connectivity index (χ1v) is 9.99. The second-order valence-corrected chi connectivity index (χ2v) is 7.39. The highest BCUT2D eigenvalue weighted by molar-refractivity contribution is 14.1. The van der Waals surface area contributed by atoms with Crippen LogP contribution in [0.25, 0.3) is 22.0 Å². The monoisotopic (exact) mass is 486 g/mol. The third-order valence-corrected chi connectivity index (χ3v) is 5.12. The van der Waals surface area contributed by atoms with Crippen molar-refractivity contribution < 1.29 is 9.47 Å². The number of aromatic nitrogens is 4. The molecule has 0 saturated heterocycles. The van der Waals surface area contributed by atoms with Crippen LogP contribution in [0, 0.1) is 10.6 Å². The summed E-state index contributed by atoms with van der Waals surface area (Å²) >= 11 is 2.24. The van der Waals surface area contributed by atoms with Crippen molar-refractivity contribution in [3.8, 4) is 16.9 Å². The van der Waals surface area contributed by atoms with Crippen LogP contribution in [-0.4, -0.2) is 33.4 Å². The molecule has 0 aliphatic heterocycles. The van der Waals surface area contributed by atoms with Crippen molar-refractivity contribution in [2.45, 2.75) is 13.5 Å². The van der Waals surface area contributed by atoms with Gasteiger partial charge in [-0.2, -0.15) is 5.10 Å². The Balaban J connectivity index is 1.50. The molecule has 0 fully saturated rings. The van der Waals surface area contributed by atoms with Gasteiger partial charge >= 0.3 is 0 Å². The van der Waals surface area contributed by atoms with Crippen LogP contribution in [0.1, 0.15) is 11.4 Å². The predicted molar refractivity (Wildman–Crippen MR) is 116 cm³/mol. The van der Waals surface area contributed by atoms with Crippen LogP contribution in [0.5, 0.6) is 5.75 Å². The normalized spacial score (nSPS) is 11.1. The first-order valence-electron chi connectivity index (χ1n) is 8.92. The maximum Gasteiger partial charge on any atom is 0.129 e. The molecular weight excluding hydrogens is 467 g/mol. The minimum absolute atomic E-state index is 0.444. The van der Waals surface area contributed by atoms with Gasteiger partial charge in [0.2, 0.25) is 0 Å². The zero-order chi connectivity index (χ0) is 19.3. The molecule has 0 amide bonds. The fraction of sp³-hybridized carbons (Fsp3) is 0.190. The maximum atomic E-state index is 6.04. The number of nitrogens with zero attached hydrogens (tertiary/aromatic N) is 3. The highest BCUT2D eigenvalue weighted by Gasteiger charge is 2.13. The number of benzene rings is 2. The summed E-state index contributed by atoms with van der Waals surface area (Å²) in [6.45, 7) is 3.38. The fourth-order valence-electron chi connectivity index (χ4n) is 2.86. The van der Waals surface area contributed by atoms with Crippen LogP contribution in [0.3, 0.4) is 0 Å². The second kappa shape index (κ2) is 8.66. The zero-order valence-corrected chi connectivity index (χ0v) is 17.5. The molecule has 0 aliphatic rings. The Morgan fingerprint density at radius 1 is 1.04 bits per heavy atom. The van der Waals surface area contributed by atoms with Crippen molar-refractivity contribution in [2.75, 3.05) is 13.2 Å². The summed E-state index contributed by atoms with van der Waals surface area (Å²) < 4.78 is 12.7. The Morgan fingerprint density at radius 2 is 1.82 bits per heavy atom. The summed E-state index contributed by atoms with van der Waals surface area (Å²) in [5.41, 5.74) is 3.86. The van der Waals surface area contributed by atoms with Gasteiger partial charge in [-0.15, -0.1) is 0 Å². The van der Waals surface area contributed by atoms with Crippen molar-refractivity contribution in [3.05, 3.63) is 69.9 Å². The van der Waals surface area contributed by atoms with Crippen molar-refractivity contribution in [3.63, 3.8) is 0 Å². The van der Waals surface area contributed by atoms with E-state index in [0.29, 0.717) is 19.8 Å². The van der Waals surface area contributed by atoms with Gasteiger partial charge in [0, 0.05) is 35.0 Å². The molecule has 4 rings (SSSR count). The number of aromatic amines is 1. The third-order valence-electron chi connectivity index (χ3n) is 4.30. The van der Waals surface area contributed by atoms with E-state index in [0.717, 1.165) is 42.9 Å². The minimum Gasteiger partial charge on any atom is -0.490 e. The van der Waals surface area contributed by atoms with E-state index in [1.54, 1.807) is 0 Å². The number of aryl methyl sites for hydroxylation is 1. The molecule has 6 nitrogen and oxygen atoms in total. The molecule has 28 heavy (non-hydrogen) atoms. The van der Waals surface area contributed by atoms with Crippen molar-refractivity contribution >= 4 is 33.5 Å². The van der Waals surface area contributed by atoms with Gasteiger partial charge in [0.1, 0.15) is 21.9 Å². The van der Waals surface area contributed by atoms with Crippen LogP contribution in [0.4, 0.5) is 0 Å². The van der Waals surface area contributed by atoms with E-state index in [1.165, 1.54) is 0 Å². The van der Waals surface area contributed by atoms with Crippen LogP contribution < -0.4 is 4.74 Å². The summed E-state index contributed by atoms with van der Waals surface area (Å²) in [7, 11) is 0. The second-order valence-electron chi connectivity index (χ2n) is 6.31. The molecule has 0 unspecified atom stereocenters. The molecule has 2 aromatic carbocycles. The third kappa shape index (κ3) is 4.31. The topological polar surface area (TPSA) is 72.9 Å². The Labute approximate surface area is 176 Å². The number of fused-ring (bicyclic) bond motifs is 1. The molecule has 0 spiro atoms. The van der Waals surface area contributed by atoms with Crippen LogP contribution >= 0.6 is 22.6 Å². The molecule has 1 N–H and O–H groups in total. The van der Waals surface area contributed by atoms with E-state index < -0.39 is 0 Å². The summed E-state index contributed by atoms with van der Waals surface area (Å²) in [5, 5.41) is 8.39. The van der Waals surface area contributed by atoms with Gasteiger partial charge < -0.3 is 9.47 Å². The van der Waals surface area contributed by atoms with E-state index in [-0.39, 0.29) is 0 Å². The van der Waals surface area contributed by atoms with Gasteiger partial charge in [-0.1, -0.05) is 30.3 Å². The number of nitrogens with one attached hydrogen (secondary N) is 1. The summed E-state index contributed by atoms with van der Waals surface area (Å²) in [5.74, 6) is 1.48. The Hall–Kier alpha value is -2.52. The van der Waals surface area contributed by atoms with Gasteiger partial charge in [0.25, 0.3) is 0 Å². The molecule has 2 aromatic heterocycles.